The molecule has 0 aliphatic heterocycles. The van der Waals surface area contributed by atoms with Gasteiger partial charge in [0.2, 0.25) is 4.84 Å². The molecule has 0 unspecified atom stereocenters. The van der Waals surface area contributed by atoms with Gasteiger partial charge in [-0.1, -0.05) is 120 Å². The zero-order valence-electron chi connectivity index (χ0n) is 15.0. The molecule has 23 heavy (non-hydrogen) atoms. The van der Waals surface area contributed by atoms with Crippen LogP contribution in [0.5, 0.6) is 0 Å². The molecule has 0 rings (SSSR count). The Kier molecular flexibility index (Phi) is 18.4. The Labute approximate surface area is 153 Å². The molecular formula is C19H36Cl2O2. The fraction of sp³-hybridized carbons (Fsp3) is 0.947. The summed E-state index contributed by atoms with van der Waals surface area (Å²) in [5.41, 5.74) is 0. The minimum Gasteiger partial charge on any atom is -0.464 e. The summed E-state index contributed by atoms with van der Waals surface area (Å²) in [6.07, 6.45) is 19.9. The molecule has 0 amide bonds. The number of hydrogen-bond acceptors (Lipinski definition) is 2. The molecule has 138 valence electrons. The Hall–Kier alpha value is 0.0500. The van der Waals surface area contributed by atoms with Crippen molar-refractivity contribution in [1.29, 1.82) is 0 Å². The maximum Gasteiger partial charge on any atom is 0.339 e. The molecule has 0 aliphatic rings. The van der Waals surface area contributed by atoms with Crippen molar-refractivity contribution in [2.45, 2.75) is 108 Å². The van der Waals surface area contributed by atoms with Gasteiger partial charge in [0, 0.05) is 0 Å². The van der Waals surface area contributed by atoms with E-state index in [9.17, 15) is 4.79 Å². The Bertz CT molecular complexity index is 258. The molecule has 0 aromatic carbocycles. The lowest BCUT2D eigenvalue weighted by molar-refractivity contribution is -0.141. The first kappa shape index (κ1) is 23.1. The second-order valence-corrected chi connectivity index (χ2v) is 7.51. The van der Waals surface area contributed by atoms with Gasteiger partial charge in [0.1, 0.15) is 0 Å². The summed E-state index contributed by atoms with van der Waals surface area (Å²) >= 11 is 10.8. The maximum absolute atomic E-state index is 11.0. The highest BCUT2D eigenvalue weighted by atomic mass is 35.5. The van der Waals surface area contributed by atoms with Crippen molar-refractivity contribution in [3.8, 4) is 0 Å². The number of halogens is 2. The van der Waals surface area contributed by atoms with Gasteiger partial charge in [-0.3, -0.25) is 0 Å². The number of unbranched alkanes of at least 4 members (excludes halogenated alkanes) is 14. The molecule has 0 N–H and O–H groups in total. The smallest absolute Gasteiger partial charge is 0.339 e. The summed E-state index contributed by atoms with van der Waals surface area (Å²) in [4.78, 5) is 9.95. The number of carbonyl (C=O) groups is 1. The van der Waals surface area contributed by atoms with E-state index in [1.165, 1.54) is 83.5 Å². The SMILES string of the molecule is CCCCCCCCCCCCCCCCCOC(=O)C(Cl)Cl. The van der Waals surface area contributed by atoms with Gasteiger partial charge in [-0.15, -0.1) is 0 Å². The summed E-state index contributed by atoms with van der Waals surface area (Å²) in [6, 6.07) is 0. The van der Waals surface area contributed by atoms with Crippen molar-refractivity contribution in [1.82, 2.24) is 0 Å². The van der Waals surface area contributed by atoms with Crippen molar-refractivity contribution >= 4 is 29.2 Å². The zero-order chi connectivity index (χ0) is 17.2. The lowest BCUT2D eigenvalue weighted by atomic mass is 10.0. The van der Waals surface area contributed by atoms with E-state index in [0.29, 0.717) is 6.61 Å². The van der Waals surface area contributed by atoms with Crippen LogP contribution in [-0.4, -0.2) is 17.4 Å². The topological polar surface area (TPSA) is 26.3 Å². The van der Waals surface area contributed by atoms with Crippen molar-refractivity contribution < 1.29 is 9.53 Å². The molecule has 0 fully saturated rings. The van der Waals surface area contributed by atoms with Gasteiger partial charge >= 0.3 is 5.97 Å². The molecule has 0 aromatic rings. The highest BCUT2D eigenvalue weighted by Crippen LogP contribution is 2.13. The lowest BCUT2D eigenvalue weighted by Crippen LogP contribution is -2.12. The summed E-state index contributed by atoms with van der Waals surface area (Å²) in [5.74, 6) is -0.529. The third kappa shape index (κ3) is 18.2. The van der Waals surface area contributed by atoms with Gasteiger partial charge in [0.25, 0.3) is 0 Å². The van der Waals surface area contributed by atoms with Crippen LogP contribution in [0.1, 0.15) is 103 Å². The first-order valence-corrected chi connectivity index (χ1v) is 10.5. The van der Waals surface area contributed by atoms with Crippen molar-refractivity contribution in [3.63, 3.8) is 0 Å². The number of hydrogen-bond donors (Lipinski definition) is 0. The van der Waals surface area contributed by atoms with Crippen molar-refractivity contribution in [2.24, 2.45) is 0 Å². The third-order valence-electron chi connectivity index (χ3n) is 4.17. The largest absolute Gasteiger partial charge is 0.464 e. The molecule has 0 atom stereocenters. The second-order valence-electron chi connectivity index (χ2n) is 6.42. The number of alkyl halides is 2. The van der Waals surface area contributed by atoms with E-state index in [4.69, 9.17) is 27.9 Å². The van der Waals surface area contributed by atoms with E-state index in [1.54, 1.807) is 0 Å². The van der Waals surface area contributed by atoms with Crippen LogP contribution in [0.15, 0.2) is 0 Å². The van der Waals surface area contributed by atoms with Crippen LogP contribution in [0, 0.1) is 0 Å². The molecular weight excluding hydrogens is 331 g/mol. The van der Waals surface area contributed by atoms with E-state index in [-0.39, 0.29) is 0 Å². The Morgan fingerprint density at radius 1 is 0.696 bits per heavy atom. The van der Waals surface area contributed by atoms with Crippen LogP contribution in [0.3, 0.4) is 0 Å². The normalized spacial score (nSPS) is 11.1. The minimum atomic E-state index is -1.05. The van der Waals surface area contributed by atoms with Gasteiger partial charge in [0.15, 0.2) is 0 Å². The van der Waals surface area contributed by atoms with Gasteiger partial charge in [-0.05, 0) is 6.42 Å². The van der Waals surface area contributed by atoms with Crippen LogP contribution in [-0.2, 0) is 9.53 Å². The van der Waals surface area contributed by atoms with Crippen molar-refractivity contribution in [2.75, 3.05) is 6.61 Å². The lowest BCUT2D eigenvalue weighted by Gasteiger charge is -2.05. The van der Waals surface area contributed by atoms with Gasteiger partial charge in [-0.25, -0.2) is 4.79 Å². The standard InChI is InChI=1S/C19H36Cl2O2/c1-2-3-4-5-6-7-8-9-10-11-12-13-14-15-16-17-23-19(22)18(20)21/h18H,2-17H2,1H3. The van der Waals surface area contributed by atoms with Crippen LogP contribution in [0.4, 0.5) is 0 Å². The molecule has 0 saturated carbocycles. The second kappa shape index (κ2) is 18.4. The Morgan fingerprint density at radius 2 is 1.04 bits per heavy atom. The molecule has 0 radical (unpaired) electrons. The number of esters is 1. The monoisotopic (exact) mass is 366 g/mol. The first-order valence-electron chi connectivity index (χ1n) is 9.63. The first-order chi connectivity index (χ1) is 11.2. The average Bonchev–Trinajstić information content (AvgIpc) is 2.54. The fourth-order valence-electron chi connectivity index (χ4n) is 2.71. The van der Waals surface area contributed by atoms with E-state index < -0.39 is 10.8 Å². The molecule has 2 nitrogen and oxygen atoms in total. The van der Waals surface area contributed by atoms with Gasteiger partial charge in [-0.2, -0.15) is 0 Å². The number of ether oxygens (including phenoxy) is 1. The third-order valence-corrected chi connectivity index (χ3v) is 4.53. The Balaban J connectivity index is 3.04. The molecule has 0 aliphatic carbocycles. The molecule has 4 heteroatoms. The molecule has 0 spiro atoms. The highest BCUT2D eigenvalue weighted by molar-refractivity contribution is 6.52. The van der Waals surface area contributed by atoms with Gasteiger partial charge < -0.3 is 4.74 Å². The van der Waals surface area contributed by atoms with Crippen LogP contribution in [0.25, 0.3) is 0 Å². The molecule has 0 aromatic heterocycles. The summed E-state index contributed by atoms with van der Waals surface area (Å²) in [5, 5.41) is 0. The summed E-state index contributed by atoms with van der Waals surface area (Å²) in [7, 11) is 0. The predicted molar refractivity (Wildman–Crippen MR) is 101 cm³/mol. The average molecular weight is 367 g/mol. The van der Waals surface area contributed by atoms with Crippen molar-refractivity contribution in [3.05, 3.63) is 0 Å². The minimum absolute atomic E-state index is 0.438. The number of rotatable bonds is 17. The summed E-state index contributed by atoms with van der Waals surface area (Å²) in [6.45, 7) is 2.71. The van der Waals surface area contributed by atoms with E-state index in [2.05, 4.69) is 6.92 Å². The zero-order valence-corrected chi connectivity index (χ0v) is 16.5. The number of carbonyl (C=O) groups excluding carboxylic acids is 1. The van der Waals surface area contributed by atoms with Gasteiger partial charge in [0.05, 0.1) is 6.61 Å². The van der Waals surface area contributed by atoms with E-state index >= 15 is 0 Å². The predicted octanol–water partition coefficient (Wildman–Crippen LogP) is 7.20. The molecule has 0 saturated heterocycles. The summed E-state index contributed by atoms with van der Waals surface area (Å²) < 4.78 is 4.91. The van der Waals surface area contributed by atoms with Crippen LogP contribution in [0.2, 0.25) is 0 Å². The van der Waals surface area contributed by atoms with E-state index in [1.807, 2.05) is 0 Å². The highest BCUT2D eigenvalue weighted by Gasteiger charge is 2.11. The van der Waals surface area contributed by atoms with Crippen LogP contribution < -0.4 is 0 Å². The maximum atomic E-state index is 11.0. The molecule has 0 heterocycles. The fourth-order valence-corrected chi connectivity index (χ4v) is 2.84. The molecule has 0 bridgehead atoms. The quantitative estimate of drug-likeness (QED) is 0.154. The van der Waals surface area contributed by atoms with Crippen LogP contribution >= 0.6 is 23.2 Å². The Morgan fingerprint density at radius 3 is 1.39 bits per heavy atom. The van der Waals surface area contributed by atoms with E-state index in [0.717, 1.165) is 12.8 Å².